The SMILES string of the molecule is CCCCCCCCCCCCCC(=O)N[C@H]1CCCNC(=O)C1. The molecule has 140 valence electrons. The molecule has 2 N–H and O–H groups in total. The van der Waals surface area contributed by atoms with Crippen LogP contribution in [-0.2, 0) is 9.59 Å². The van der Waals surface area contributed by atoms with Crippen molar-refractivity contribution in [3.05, 3.63) is 0 Å². The highest BCUT2D eigenvalue weighted by Gasteiger charge is 2.18. The summed E-state index contributed by atoms with van der Waals surface area (Å²) in [5.74, 6) is 0.179. The Morgan fingerprint density at radius 1 is 1.00 bits per heavy atom. The molecule has 24 heavy (non-hydrogen) atoms. The van der Waals surface area contributed by atoms with Gasteiger partial charge in [0.1, 0.15) is 0 Å². The molecule has 1 fully saturated rings. The van der Waals surface area contributed by atoms with Crippen LogP contribution in [0.1, 0.15) is 103 Å². The minimum atomic E-state index is 0.0349. The Morgan fingerprint density at radius 2 is 1.58 bits per heavy atom. The minimum absolute atomic E-state index is 0.0349. The highest BCUT2D eigenvalue weighted by atomic mass is 16.2. The summed E-state index contributed by atoms with van der Waals surface area (Å²) in [7, 11) is 0. The molecule has 4 heteroatoms. The number of rotatable bonds is 13. The molecule has 0 aromatic carbocycles. The monoisotopic (exact) mass is 338 g/mol. The van der Waals surface area contributed by atoms with Crippen molar-refractivity contribution < 1.29 is 9.59 Å². The lowest BCUT2D eigenvalue weighted by Gasteiger charge is -2.15. The largest absolute Gasteiger partial charge is 0.356 e. The Bertz CT molecular complexity index is 345. The molecule has 0 radical (unpaired) electrons. The van der Waals surface area contributed by atoms with E-state index in [4.69, 9.17) is 0 Å². The van der Waals surface area contributed by atoms with Crippen molar-refractivity contribution in [2.24, 2.45) is 0 Å². The summed E-state index contributed by atoms with van der Waals surface area (Å²) in [5.41, 5.74) is 0. The normalized spacial score (nSPS) is 18.0. The maximum absolute atomic E-state index is 11.9. The first kappa shape index (κ1) is 21.0. The topological polar surface area (TPSA) is 58.2 Å². The third kappa shape index (κ3) is 11.5. The predicted molar refractivity (Wildman–Crippen MR) is 99.9 cm³/mol. The Balaban J connectivity index is 1.89. The van der Waals surface area contributed by atoms with Crippen LogP contribution >= 0.6 is 0 Å². The van der Waals surface area contributed by atoms with Crippen molar-refractivity contribution in [1.82, 2.24) is 10.6 Å². The first-order valence-electron chi connectivity index (χ1n) is 10.3. The summed E-state index contributed by atoms with van der Waals surface area (Å²) >= 11 is 0. The highest BCUT2D eigenvalue weighted by molar-refractivity contribution is 5.79. The fraction of sp³-hybridized carbons (Fsp3) is 0.900. The smallest absolute Gasteiger partial charge is 0.222 e. The van der Waals surface area contributed by atoms with Gasteiger partial charge in [-0.15, -0.1) is 0 Å². The van der Waals surface area contributed by atoms with E-state index in [1.165, 1.54) is 57.8 Å². The van der Waals surface area contributed by atoms with Crippen LogP contribution in [0.5, 0.6) is 0 Å². The number of nitrogens with one attached hydrogen (secondary N) is 2. The zero-order chi connectivity index (χ0) is 17.5. The van der Waals surface area contributed by atoms with Crippen molar-refractivity contribution in [3.8, 4) is 0 Å². The summed E-state index contributed by atoms with van der Waals surface area (Å²) in [6.07, 6.45) is 17.2. The van der Waals surface area contributed by atoms with E-state index in [0.29, 0.717) is 12.8 Å². The van der Waals surface area contributed by atoms with Gasteiger partial charge in [0.05, 0.1) is 0 Å². The van der Waals surface area contributed by atoms with Crippen LogP contribution in [0.4, 0.5) is 0 Å². The molecule has 1 aliphatic heterocycles. The molecular formula is C20H38N2O2. The Morgan fingerprint density at radius 3 is 2.21 bits per heavy atom. The molecule has 1 rings (SSSR count). The van der Waals surface area contributed by atoms with E-state index in [2.05, 4.69) is 17.6 Å². The number of hydrogen-bond donors (Lipinski definition) is 2. The molecule has 0 aliphatic carbocycles. The lowest BCUT2D eigenvalue weighted by Crippen LogP contribution is -2.36. The molecule has 2 amide bonds. The maximum Gasteiger partial charge on any atom is 0.222 e. The van der Waals surface area contributed by atoms with Gasteiger partial charge in [0, 0.05) is 25.4 Å². The van der Waals surface area contributed by atoms with Crippen molar-refractivity contribution in [1.29, 1.82) is 0 Å². The number of carbonyl (C=O) groups is 2. The average Bonchev–Trinajstić information content (AvgIpc) is 2.76. The minimum Gasteiger partial charge on any atom is -0.356 e. The molecular weight excluding hydrogens is 300 g/mol. The highest BCUT2D eigenvalue weighted by Crippen LogP contribution is 2.12. The number of unbranched alkanes of at least 4 members (excludes halogenated alkanes) is 10. The summed E-state index contributed by atoms with van der Waals surface area (Å²) in [6, 6.07) is 0.0349. The van der Waals surface area contributed by atoms with E-state index in [1.54, 1.807) is 0 Å². The zero-order valence-corrected chi connectivity index (χ0v) is 15.7. The Labute approximate surface area is 148 Å². The quantitative estimate of drug-likeness (QED) is 0.487. The second-order valence-electron chi connectivity index (χ2n) is 7.25. The average molecular weight is 339 g/mol. The third-order valence-electron chi connectivity index (χ3n) is 4.86. The second kappa shape index (κ2) is 14.3. The van der Waals surface area contributed by atoms with Gasteiger partial charge in [0.15, 0.2) is 0 Å². The first-order valence-corrected chi connectivity index (χ1v) is 10.3. The number of hydrogen-bond acceptors (Lipinski definition) is 2. The Hall–Kier alpha value is -1.06. The van der Waals surface area contributed by atoms with Crippen LogP contribution in [-0.4, -0.2) is 24.4 Å². The number of amides is 2. The van der Waals surface area contributed by atoms with Crippen molar-refractivity contribution in [2.45, 2.75) is 109 Å². The first-order chi connectivity index (χ1) is 11.7. The van der Waals surface area contributed by atoms with Gasteiger partial charge in [0.25, 0.3) is 0 Å². The fourth-order valence-corrected chi connectivity index (χ4v) is 3.35. The van der Waals surface area contributed by atoms with Gasteiger partial charge in [-0.2, -0.15) is 0 Å². The zero-order valence-electron chi connectivity index (χ0n) is 15.7. The summed E-state index contributed by atoms with van der Waals surface area (Å²) in [4.78, 5) is 23.4. The van der Waals surface area contributed by atoms with E-state index in [-0.39, 0.29) is 17.9 Å². The molecule has 0 unspecified atom stereocenters. The van der Waals surface area contributed by atoms with Crippen LogP contribution in [0, 0.1) is 0 Å². The van der Waals surface area contributed by atoms with Gasteiger partial charge >= 0.3 is 0 Å². The third-order valence-corrected chi connectivity index (χ3v) is 4.86. The molecule has 1 aliphatic rings. The van der Waals surface area contributed by atoms with Gasteiger partial charge in [0.2, 0.25) is 11.8 Å². The van der Waals surface area contributed by atoms with E-state index < -0.39 is 0 Å². The van der Waals surface area contributed by atoms with Crippen LogP contribution in [0.25, 0.3) is 0 Å². The van der Waals surface area contributed by atoms with Gasteiger partial charge < -0.3 is 10.6 Å². The van der Waals surface area contributed by atoms with Gasteiger partial charge in [-0.05, 0) is 19.3 Å². The van der Waals surface area contributed by atoms with Crippen molar-refractivity contribution >= 4 is 11.8 Å². The standard InChI is InChI=1S/C20H38N2O2/c1-2-3-4-5-6-7-8-9-10-11-12-15-19(23)22-18-14-13-16-21-20(24)17-18/h18H,2-17H2,1H3,(H,21,24)(H,22,23)/t18-/m0/s1. The molecule has 0 spiro atoms. The van der Waals surface area contributed by atoms with E-state index in [9.17, 15) is 9.59 Å². The van der Waals surface area contributed by atoms with E-state index in [0.717, 1.165) is 32.2 Å². The molecule has 4 nitrogen and oxygen atoms in total. The molecule has 0 aromatic heterocycles. The summed E-state index contributed by atoms with van der Waals surface area (Å²) < 4.78 is 0. The summed E-state index contributed by atoms with van der Waals surface area (Å²) in [5, 5.41) is 5.87. The van der Waals surface area contributed by atoms with Gasteiger partial charge in [-0.1, -0.05) is 71.1 Å². The lowest BCUT2D eigenvalue weighted by molar-refractivity contribution is -0.123. The lowest BCUT2D eigenvalue weighted by atomic mass is 10.0. The maximum atomic E-state index is 11.9. The van der Waals surface area contributed by atoms with Gasteiger partial charge in [-0.3, -0.25) is 9.59 Å². The molecule has 1 saturated heterocycles. The predicted octanol–water partition coefficient (Wildman–Crippen LogP) is 4.47. The van der Waals surface area contributed by atoms with Crippen molar-refractivity contribution in [3.63, 3.8) is 0 Å². The second-order valence-corrected chi connectivity index (χ2v) is 7.25. The summed E-state index contributed by atoms with van der Waals surface area (Å²) in [6.45, 7) is 3.00. The molecule has 1 heterocycles. The molecule has 0 aromatic rings. The Kier molecular flexibility index (Phi) is 12.5. The van der Waals surface area contributed by atoms with Crippen LogP contribution < -0.4 is 10.6 Å². The molecule has 1 atom stereocenters. The van der Waals surface area contributed by atoms with Gasteiger partial charge in [-0.25, -0.2) is 0 Å². The van der Waals surface area contributed by atoms with Crippen LogP contribution in [0.2, 0.25) is 0 Å². The van der Waals surface area contributed by atoms with Crippen molar-refractivity contribution in [2.75, 3.05) is 6.54 Å². The van der Waals surface area contributed by atoms with Crippen LogP contribution in [0.3, 0.4) is 0 Å². The van der Waals surface area contributed by atoms with E-state index >= 15 is 0 Å². The number of carbonyl (C=O) groups excluding carboxylic acids is 2. The fourth-order valence-electron chi connectivity index (χ4n) is 3.35. The molecule has 0 bridgehead atoms. The van der Waals surface area contributed by atoms with E-state index in [1.807, 2.05) is 0 Å². The van der Waals surface area contributed by atoms with Crippen LogP contribution in [0.15, 0.2) is 0 Å². The molecule has 0 saturated carbocycles.